The van der Waals surface area contributed by atoms with Gasteiger partial charge in [0.1, 0.15) is 5.01 Å². The minimum absolute atomic E-state index is 0.499. The van der Waals surface area contributed by atoms with Crippen molar-refractivity contribution >= 4 is 44.9 Å². The lowest BCUT2D eigenvalue weighted by atomic mass is 10.3. The number of halogens is 1. The molecule has 0 spiro atoms. The standard InChI is InChI=1S/C11H12ClNS2/c1-8(6-12)14-7-11-13-9-4-2-3-5-10(9)15-11/h2-5,8H,6-7H2,1H3. The molecule has 0 amide bonds. The van der Waals surface area contributed by atoms with Gasteiger partial charge in [0.25, 0.3) is 0 Å². The lowest BCUT2D eigenvalue weighted by Gasteiger charge is -2.03. The first-order valence-corrected chi connectivity index (χ1v) is 7.21. The lowest BCUT2D eigenvalue weighted by molar-refractivity contribution is 1.11. The van der Waals surface area contributed by atoms with Crippen LogP contribution in [0.15, 0.2) is 24.3 Å². The molecular formula is C11H12ClNS2. The number of thioether (sulfide) groups is 1. The highest BCUT2D eigenvalue weighted by molar-refractivity contribution is 7.99. The quantitative estimate of drug-likeness (QED) is 0.763. The van der Waals surface area contributed by atoms with E-state index in [1.165, 1.54) is 9.71 Å². The van der Waals surface area contributed by atoms with Gasteiger partial charge in [-0.1, -0.05) is 19.1 Å². The Bertz CT molecular complexity index is 408. The number of hydrogen-bond donors (Lipinski definition) is 0. The molecule has 1 heterocycles. The molecule has 0 N–H and O–H groups in total. The first kappa shape index (κ1) is 11.2. The van der Waals surface area contributed by atoms with Gasteiger partial charge in [0, 0.05) is 16.9 Å². The normalized spacial score (nSPS) is 13.2. The van der Waals surface area contributed by atoms with Crippen LogP contribution in [0.3, 0.4) is 0 Å². The van der Waals surface area contributed by atoms with Gasteiger partial charge in [-0.25, -0.2) is 4.98 Å². The van der Waals surface area contributed by atoms with Crippen molar-refractivity contribution in [2.24, 2.45) is 0 Å². The third kappa shape index (κ3) is 2.86. The summed E-state index contributed by atoms with van der Waals surface area (Å²) in [7, 11) is 0. The number of para-hydroxylation sites is 1. The molecule has 80 valence electrons. The highest BCUT2D eigenvalue weighted by Gasteiger charge is 2.05. The van der Waals surface area contributed by atoms with Gasteiger partial charge in [0.15, 0.2) is 0 Å². The number of hydrogen-bond acceptors (Lipinski definition) is 3. The average Bonchev–Trinajstić information content (AvgIpc) is 2.68. The Labute approximate surface area is 103 Å². The Balaban J connectivity index is 2.09. The van der Waals surface area contributed by atoms with Gasteiger partial charge in [-0.2, -0.15) is 11.8 Å². The molecule has 0 fully saturated rings. The molecule has 1 unspecified atom stereocenters. The van der Waals surface area contributed by atoms with Crippen molar-refractivity contribution in [1.82, 2.24) is 4.98 Å². The summed E-state index contributed by atoms with van der Waals surface area (Å²) in [4.78, 5) is 4.57. The van der Waals surface area contributed by atoms with Crippen molar-refractivity contribution in [2.45, 2.75) is 17.9 Å². The predicted molar refractivity (Wildman–Crippen MR) is 71.1 cm³/mol. The van der Waals surface area contributed by atoms with Crippen molar-refractivity contribution in [3.63, 3.8) is 0 Å². The maximum Gasteiger partial charge on any atom is 0.104 e. The number of rotatable bonds is 4. The van der Waals surface area contributed by atoms with Gasteiger partial charge < -0.3 is 0 Å². The summed E-state index contributed by atoms with van der Waals surface area (Å²) in [6.45, 7) is 2.14. The van der Waals surface area contributed by atoms with Crippen molar-refractivity contribution in [2.75, 3.05) is 5.88 Å². The highest BCUT2D eigenvalue weighted by atomic mass is 35.5. The van der Waals surface area contributed by atoms with Crippen LogP contribution in [0.5, 0.6) is 0 Å². The Morgan fingerprint density at radius 2 is 2.27 bits per heavy atom. The van der Waals surface area contributed by atoms with Crippen LogP contribution in [-0.4, -0.2) is 16.1 Å². The van der Waals surface area contributed by atoms with Crippen LogP contribution in [0.4, 0.5) is 0 Å². The molecule has 0 aliphatic rings. The van der Waals surface area contributed by atoms with Crippen LogP contribution < -0.4 is 0 Å². The number of aromatic nitrogens is 1. The number of alkyl halides is 1. The fourth-order valence-electron chi connectivity index (χ4n) is 1.24. The van der Waals surface area contributed by atoms with E-state index in [0.29, 0.717) is 11.1 Å². The van der Waals surface area contributed by atoms with Crippen molar-refractivity contribution in [3.8, 4) is 0 Å². The third-order valence-electron chi connectivity index (χ3n) is 2.05. The van der Waals surface area contributed by atoms with Crippen molar-refractivity contribution < 1.29 is 0 Å². The topological polar surface area (TPSA) is 12.9 Å². The van der Waals surface area contributed by atoms with Crippen molar-refractivity contribution in [1.29, 1.82) is 0 Å². The zero-order chi connectivity index (χ0) is 10.7. The number of fused-ring (bicyclic) bond motifs is 1. The minimum atomic E-state index is 0.499. The number of nitrogens with zero attached hydrogens (tertiary/aromatic N) is 1. The molecule has 0 aliphatic carbocycles. The maximum absolute atomic E-state index is 5.76. The zero-order valence-corrected chi connectivity index (χ0v) is 10.8. The molecule has 0 saturated carbocycles. The van der Waals surface area contributed by atoms with Gasteiger partial charge in [-0.05, 0) is 12.1 Å². The summed E-state index contributed by atoms with van der Waals surface area (Å²) >= 11 is 9.39. The summed E-state index contributed by atoms with van der Waals surface area (Å²) in [5.41, 5.74) is 1.11. The summed E-state index contributed by atoms with van der Waals surface area (Å²) < 4.78 is 1.27. The van der Waals surface area contributed by atoms with Crippen LogP contribution in [0, 0.1) is 0 Å². The van der Waals surface area contributed by atoms with Crippen LogP contribution in [0.2, 0.25) is 0 Å². The molecule has 0 saturated heterocycles. The Morgan fingerprint density at radius 1 is 1.47 bits per heavy atom. The van der Waals surface area contributed by atoms with Gasteiger partial charge in [-0.3, -0.25) is 0 Å². The van der Waals surface area contributed by atoms with E-state index in [1.807, 2.05) is 17.8 Å². The Kier molecular flexibility index (Phi) is 3.89. The van der Waals surface area contributed by atoms with Gasteiger partial charge in [0.05, 0.1) is 10.2 Å². The summed E-state index contributed by atoms with van der Waals surface area (Å²) in [5.74, 6) is 1.67. The molecule has 0 radical (unpaired) electrons. The largest absolute Gasteiger partial charge is 0.240 e. The van der Waals surface area contributed by atoms with E-state index in [1.54, 1.807) is 11.3 Å². The molecule has 1 atom stereocenters. The zero-order valence-electron chi connectivity index (χ0n) is 8.44. The molecular weight excluding hydrogens is 246 g/mol. The second-order valence-corrected chi connectivity index (χ2v) is 6.20. The van der Waals surface area contributed by atoms with E-state index in [9.17, 15) is 0 Å². The Hall–Kier alpha value is -0.250. The average molecular weight is 258 g/mol. The van der Waals surface area contributed by atoms with Crippen LogP contribution in [0.25, 0.3) is 10.2 Å². The minimum Gasteiger partial charge on any atom is -0.240 e. The Morgan fingerprint density at radius 3 is 3.00 bits per heavy atom. The molecule has 1 aromatic carbocycles. The number of benzene rings is 1. The van der Waals surface area contributed by atoms with Crippen molar-refractivity contribution in [3.05, 3.63) is 29.3 Å². The van der Waals surface area contributed by atoms with Gasteiger partial charge in [0.2, 0.25) is 0 Å². The summed E-state index contributed by atoms with van der Waals surface area (Å²) in [6.07, 6.45) is 0. The lowest BCUT2D eigenvalue weighted by Crippen LogP contribution is -1.97. The van der Waals surface area contributed by atoms with Crippen LogP contribution in [-0.2, 0) is 5.75 Å². The summed E-state index contributed by atoms with van der Waals surface area (Å²) in [5, 5.41) is 1.69. The van der Waals surface area contributed by atoms with E-state index in [4.69, 9.17) is 11.6 Å². The predicted octanol–water partition coefficient (Wildman–Crippen LogP) is 4.16. The summed E-state index contributed by atoms with van der Waals surface area (Å²) in [6, 6.07) is 8.26. The van der Waals surface area contributed by atoms with Gasteiger partial charge >= 0.3 is 0 Å². The molecule has 15 heavy (non-hydrogen) atoms. The molecule has 4 heteroatoms. The second kappa shape index (κ2) is 5.19. The molecule has 1 aromatic heterocycles. The fourth-order valence-corrected chi connectivity index (χ4v) is 3.29. The molecule has 2 rings (SSSR count). The highest BCUT2D eigenvalue weighted by Crippen LogP contribution is 2.26. The third-order valence-corrected chi connectivity index (χ3v) is 5.09. The maximum atomic E-state index is 5.76. The number of thiazole rings is 1. The first-order chi connectivity index (χ1) is 7.29. The van der Waals surface area contributed by atoms with E-state index in [-0.39, 0.29) is 0 Å². The smallest absolute Gasteiger partial charge is 0.104 e. The molecule has 0 bridgehead atoms. The SMILES string of the molecule is CC(CCl)SCc1nc2ccccc2s1. The van der Waals surface area contributed by atoms with E-state index in [2.05, 4.69) is 30.1 Å². The molecule has 2 aromatic rings. The van der Waals surface area contributed by atoms with E-state index in [0.717, 1.165) is 11.3 Å². The van der Waals surface area contributed by atoms with E-state index >= 15 is 0 Å². The van der Waals surface area contributed by atoms with Crippen LogP contribution in [0.1, 0.15) is 11.9 Å². The monoisotopic (exact) mass is 257 g/mol. The molecule has 0 aliphatic heterocycles. The molecule has 1 nitrogen and oxygen atoms in total. The van der Waals surface area contributed by atoms with Gasteiger partial charge in [-0.15, -0.1) is 22.9 Å². The second-order valence-electron chi connectivity index (χ2n) is 3.35. The van der Waals surface area contributed by atoms with Crippen LogP contribution >= 0.6 is 34.7 Å². The fraction of sp³-hybridized carbons (Fsp3) is 0.364. The van der Waals surface area contributed by atoms with E-state index < -0.39 is 0 Å². The first-order valence-electron chi connectivity index (χ1n) is 4.81.